The molecule has 1 spiro atoms. The van der Waals surface area contributed by atoms with Crippen LogP contribution in [0.2, 0.25) is 0 Å². The van der Waals surface area contributed by atoms with E-state index in [0.29, 0.717) is 17.5 Å². The molecule has 8 aromatic carbocycles. The Morgan fingerprint density at radius 3 is 1.43 bits per heavy atom. The average molecular weight is 714 g/mol. The Morgan fingerprint density at radius 1 is 0.357 bits per heavy atom. The van der Waals surface area contributed by atoms with E-state index in [1.807, 2.05) is 66.7 Å². The van der Waals surface area contributed by atoms with Crippen LogP contribution in [-0.4, -0.2) is 15.0 Å². The zero-order valence-corrected chi connectivity index (χ0v) is 30.1. The summed E-state index contributed by atoms with van der Waals surface area (Å²) in [6, 6.07) is 66.5. The van der Waals surface area contributed by atoms with Crippen molar-refractivity contribution in [3.8, 4) is 67.5 Å². The molecule has 0 aliphatic heterocycles. The van der Waals surface area contributed by atoms with Crippen molar-refractivity contribution in [1.29, 1.82) is 0 Å². The number of rotatable bonds is 4. The van der Waals surface area contributed by atoms with Crippen LogP contribution in [0.4, 0.5) is 0 Å². The van der Waals surface area contributed by atoms with Gasteiger partial charge >= 0.3 is 0 Å². The maximum Gasteiger partial charge on any atom is 0.164 e. The molecule has 0 radical (unpaired) electrons. The summed E-state index contributed by atoms with van der Waals surface area (Å²) in [4.78, 5) is 15.5. The summed E-state index contributed by atoms with van der Waals surface area (Å²) in [5.74, 6) is 1.84. The van der Waals surface area contributed by atoms with Crippen LogP contribution in [0.5, 0.6) is 0 Å². The third-order valence-corrected chi connectivity index (χ3v) is 11.7. The molecule has 0 saturated heterocycles. The summed E-state index contributed by atoms with van der Waals surface area (Å²) in [5.41, 5.74) is 16.1. The van der Waals surface area contributed by atoms with Crippen LogP contribution in [0, 0.1) is 0 Å². The van der Waals surface area contributed by atoms with Crippen LogP contribution in [0.25, 0.3) is 89.5 Å². The standard InChI is InChI=1S/C52H31N3O/c1-4-16-32(17-5-1)35-30-40(51-54-49(33-18-6-2-7-19-33)53-50(55-51)34-20-8-3-9-21-34)46-39-28-29-44-47(48(39)56-45(46)31-35)38-24-12-15-27-43(38)52(44)41-25-13-10-22-36(41)37-23-11-14-26-42(37)52/h1-31H. The Kier molecular flexibility index (Phi) is 6.52. The molecule has 0 atom stereocenters. The van der Waals surface area contributed by atoms with Crippen molar-refractivity contribution < 1.29 is 4.42 Å². The van der Waals surface area contributed by atoms with E-state index in [-0.39, 0.29) is 0 Å². The Hall–Kier alpha value is -7.43. The largest absolute Gasteiger partial charge is 0.455 e. The van der Waals surface area contributed by atoms with E-state index in [9.17, 15) is 0 Å². The zero-order valence-electron chi connectivity index (χ0n) is 30.1. The Bertz CT molecular complexity index is 3080. The highest BCUT2D eigenvalue weighted by Crippen LogP contribution is 2.64. The van der Waals surface area contributed by atoms with E-state index in [4.69, 9.17) is 19.4 Å². The minimum absolute atomic E-state index is 0.465. The quantitative estimate of drug-likeness (QED) is 0.182. The summed E-state index contributed by atoms with van der Waals surface area (Å²) in [6.07, 6.45) is 0. The zero-order chi connectivity index (χ0) is 36.8. The number of furan rings is 1. The normalized spacial score (nSPS) is 13.1. The van der Waals surface area contributed by atoms with Crippen molar-refractivity contribution in [2.24, 2.45) is 0 Å². The maximum absolute atomic E-state index is 7.21. The molecular formula is C52H31N3O. The van der Waals surface area contributed by atoms with E-state index in [2.05, 4.69) is 121 Å². The molecule has 4 heteroatoms. The third kappa shape index (κ3) is 4.27. The molecule has 0 bridgehead atoms. The molecule has 4 nitrogen and oxygen atoms in total. The molecule has 0 saturated carbocycles. The van der Waals surface area contributed by atoms with Crippen LogP contribution in [0.3, 0.4) is 0 Å². The second-order valence-electron chi connectivity index (χ2n) is 14.7. The maximum atomic E-state index is 7.21. The summed E-state index contributed by atoms with van der Waals surface area (Å²) >= 11 is 0. The van der Waals surface area contributed by atoms with Gasteiger partial charge in [-0.2, -0.15) is 0 Å². The van der Waals surface area contributed by atoms with Crippen molar-refractivity contribution in [1.82, 2.24) is 15.0 Å². The van der Waals surface area contributed by atoms with Gasteiger partial charge in [-0.25, -0.2) is 15.0 Å². The Labute approximate surface area is 323 Å². The van der Waals surface area contributed by atoms with E-state index >= 15 is 0 Å². The molecule has 0 fully saturated rings. The fraction of sp³-hybridized carbons (Fsp3) is 0.0192. The highest BCUT2D eigenvalue weighted by Gasteiger charge is 2.52. The van der Waals surface area contributed by atoms with Gasteiger partial charge in [0, 0.05) is 33.0 Å². The van der Waals surface area contributed by atoms with E-state index < -0.39 is 5.41 Å². The van der Waals surface area contributed by atoms with Crippen LogP contribution in [-0.2, 0) is 5.41 Å². The van der Waals surface area contributed by atoms with Crippen molar-refractivity contribution in [2.75, 3.05) is 0 Å². The predicted octanol–water partition coefficient (Wildman–Crippen LogP) is 12.8. The summed E-state index contributed by atoms with van der Waals surface area (Å²) < 4.78 is 7.21. The lowest BCUT2D eigenvalue weighted by Crippen LogP contribution is -2.25. The molecule has 2 aliphatic carbocycles. The number of hydrogen-bond acceptors (Lipinski definition) is 4. The van der Waals surface area contributed by atoms with Crippen molar-refractivity contribution in [3.63, 3.8) is 0 Å². The van der Waals surface area contributed by atoms with Crippen molar-refractivity contribution >= 4 is 21.9 Å². The molecule has 10 aromatic rings. The molecule has 0 unspecified atom stereocenters. The molecule has 2 aliphatic rings. The Balaban J connectivity index is 1.19. The van der Waals surface area contributed by atoms with E-state index in [0.717, 1.165) is 55.3 Å². The summed E-state index contributed by atoms with van der Waals surface area (Å²) in [7, 11) is 0. The van der Waals surface area contributed by atoms with Gasteiger partial charge in [-0.1, -0.05) is 176 Å². The van der Waals surface area contributed by atoms with Crippen molar-refractivity contribution in [2.45, 2.75) is 5.41 Å². The first-order valence-corrected chi connectivity index (χ1v) is 19.0. The van der Waals surface area contributed by atoms with Gasteiger partial charge < -0.3 is 4.42 Å². The molecule has 0 amide bonds. The third-order valence-electron chi connectivity index (χ3n) is 11.7. The highest BCUT2D eigenvalue weighted by molar-refractivity contribution is 6.18. The molecule has 56 heavy (non-hydrogen) atoms. The molecular weight excluding hydrogens is 683 g/mol. The fourth-order valence-electron chi connectivity index (χ4n) is 9.44. The first-order chi connectivity index (χ1) is 27.8. The van der Waals surface area contributed by atoms with E-state index in [1.165, 1.54) is 38.9 Å². The topological polar surface area (TPSA) is 51.8 Å². The average Bonchev–Trinajstić information content (AvgIpc) is 3.91. The van der Waals surface area contributed by atoms with Crippen LogP contribution in [0.15, 0.2) is 192 Å². The van der Waals surface area contributed by atoms with Gasteiger partial charge in [0.05, 0.1) is 5.41 Å². The van der Waals surface area contributed by atoms with Gasteiger partial charge in [0.15, 0.2) is 17.5 Å². The molecule has 260 valence electrons. The van der Waals surface area contributed by atoms with Gasteiger partial charge in [-0.3, -0.25) is 0 Å². The van der Waals surface area contributed by atoms with Gasteiger partial charge in [0.25, 0.3) is 0 Å². The monoisotopic (exact) mass is 713 g/mol. The SMILES string of the molecule is c1ccc(-c2cc(-c3nc(-c4ccccc4)nc(-c4ccccc4)n3)c3c(c2)oc2c4c(ccc23)C2(c3ccccc3-c3ccccc32)c2ccccc2-4)cc1. The fourth-order valence-corrected chi connectivity index (χ4v) is 9.44. The minimum atomic E-state index is -0.465. The summed E-state index contributed by atoms with van der Waals surface area (Å²) in [5, 5.41) is 2.01. The summed E-state index contributed by atoms with van der Waals surface area (Å²) in [6.45, 7) is 0. The van der Waals surface area contributed by atoms with Gasteiger partial charge in [0.2, 0.25) is 0 Å². The van der Waals surface area contributed by atoms with Crippen LogP contribution < -0.4 is 0 Å². The molecule has 2 heterocycles. The highest BCUT2D eigenvalue weighted by atomic mass is 16.3. The predicted molar refractivity (Wildman–Crippen MR) is 225 cm³/mol. The second kappa shape index (κ2) is 11.8. The van der Waals surface area contributed by atoms with Crippen LogP contribution in [0.1, 0.15) is 22.3 Å². The number of fused-ring (bicyclic) bond motifs is 14. The van der Waals surface area contributed by atoms with Gasteiger partial charge in [-0.15, -0.1) is 0 Å². The molecule has 12 rings (SSSR count). The smallest absolute Gasteiger partial charge is 0.164 e. The number of benzene rings is 8. The second-order valence-corrected chi connectivity index (χ2v) is 14.7. The van der Waals surface area contributed by atoms with Crippen LogP contribution >= 0.6 is 0 Å². The molecule has 0 N–H and O–H groups in total. The number of aromatic nitrogens is 3. The first-order valence-electron chi connectivity index (χ1n) is 19.0. The lowest BCUT2D eigenvalue weighted by molar-refractivity contribution is 0.669. The Morgan fingerprint density at radius 2 is 0.839 bits per heavy atom. The number of hydrogen-bond donors (Lipinski definition) is 0. The van der Waals surface area contributed by atoms with E-state index in [1.54, 1.807) is 0 Å². The lowest BCUT2D eigenvalue weighted by atomic mass is 9.70. The minimum Gasteiger partial charge on any atom is -0.455 e. The molecule has 2 aromatic heterocycles. The van der Waals surface area contributed by atoms with Crippen molar-refractivity contribution in [3.05, 3.63) is 210 Å². The number of nitrogens with zero attached hydrogens (tertiary/aromatic N) is 3. The van der Waals surface area contributed by atoms with Gasteiger partial charge in [-0.05, 0) is 62.2 Å². The first kappa shape index (κ1) is 31.0. The lowest BCUT2D eigenvalue weighted by Gasteiger charge is -2.30. The van der Waals surface area contributed by atoms with Gasteiger partial charge in [0.1, 0.15) is 11.2 Å².